The van der Waals surface area contributed by atoms with Gasteiger partial charge in [0.25, 0.3) is 6.29 Å². The van der Waals surface area contributed by atoms with Crippen molar-refractivity contribution in [2.75, 3.05) is 6.61 Å². The Morgan fingerprint density at radius 3 is 1.90 bits per heavy atom. The molecule has 0 bridgehead atoms. The zero-order chi connectivity index (χ0) is 22.8. The summed E-state index contributed by atoms with van der Waals surface area (Å²) in [6, 6.07) is 0. The first-order valence-corrected chi connectivity index (χ1v) is 9.31. The molecule has 0 aliphatic carbocycles. The van der Waals surface area contributed by atoms with Gasteiger partial charge >= 0.3 is 24.1 Å². The van der Waals surface area contributed by atoms with E-state index in [9.17, 15) is 24.3 Å². The number of aliphatic hydroxyl groups is 1. The third kappa shape index (κ3) is 13.4. The van der Waals surface area contributed by atoms with Crippen molar-refractivity contribution in [3.63, 3.8) is 0 Å². The summed E-state index contributed by atoms with van der Waals surface area (Å²) in [5, 5.41) is 9.64. The summed E-state index contributed by atoms with van der Waals surface area (Å²) in [7, 11) is 0. The van der Waals surface area contributed by atoms with Gasteiger partial charge in [-0.2, -0.15) is 0 Å². The summed E-state index contributed by atoms with van der Waals surface area (Å²) in [5.41, 5.74) is -1.79. The first-order chi connectivity index (χ1) is 13.1. The first kappa shape index (κ1) is 26.6. The normalized spacial score (nSPS) is 13.7. The quantitative estimate of drug-likeness (QED) is 0.256. The molecule has 0 saturated carbocycles. The van der Waals surface area contributed by atoms with Crippen molar-refractivity contribution in [3.05, 3.63) is 0 Å². The van der Waals surface area contributed by atoms with Crippen LogP contribution in [0.25, 0.3) is 0 Å². The third-order valence-corrected chi connectivity index (χ3v) is 2.84. The Morgan fingerprint density at radius 1 is 0.862 bits per heavy atom. The second-order valence-corrected chi connectivity index (χ2v) is 8.17. The molecule has 0 spiro atoms. The summed E-state index contributed by atoms with van der Waals surface area (Å²) >= 11 is 0. The molecule has 0 rings (SSSR count). The molecule has 0 saturated heterocycles. The van der Waals surface area contributed by atoms with Crippen LogP contribution in [0.4, 0.5) is 4.79 Å². The van der Waals surface area contributed by atoms with Gasteiger partial charge in [0.05, 0.1) is 13.0 Å². The zero-order valence-corrected chi connectivity index (χ0v) is 18.1. The van der Waals surface area contributed by atoms with E-state index in [-0.39, 0.29) is 6.61 Å². The maximum absolute atomic E-state index is 12.1. The SMILES string of the molecule is CCCCOC(=O)[C@H](CC(=O)O[C@@H](O)C(=O)OC(C)(C)C)OC(=O)OC(C)(C)C. The largest absolute Gasteiger partial charge is 0.509 e. The van der Waals surface area contributed by atoms with E-state index in [1.807, 2.05) is 6.92 Å². The topological polar surface area (TPSA) is 135 Å². The van der Waals surface area contributed by atoms with E-state index >= 15 is 0 Å². The van der Waals surface area contributed by atoms with Crippen molar-refractivity contribution < 1.29 is 48.0 Å². The maximum Gasteiger partial charge on any atom is 0.509 e. The van der Waals surface area contributed by atoms with Crippen LogP contribution in [0.2, 0.25) is 0 Å². The smallest absolute Gasteiger partial charge is 0.463 e. The number of ether oxygens (including phenoxy) is 5. The van der Waals surface area contributed by atoms with Crippen LogP contribution in [0, 0.1) is 0 Å². The number of unbranched alkanes of at least 4 members (excludes halogenated alkanes) is 1. The minimum absolute atomic E-state index is 0.0685. The van der Waals surface area contributed by atoms with Crippen LogP contribution in [-0.2, 0) is 38.1 Å². The van der Waals surface area contributed by atoms with Crippen molar-refractivity contribution in [1.82, 2.24) is 0 Å². The van der Waals surface area contributed by atoms with Crippen LogP contribution in [0.15, 0.2) is 0 Å². The number of esters is 3. The number of carbonyl (C=O) groups excluding carboxylic acids is 4. The van der Waals surface area contributed by atoms with E-state index < -0.39 is 54.1 Å². The number of carbonyl (C=O) groups is 4. The van der Waals surface area contributed by atoms with Gasteiger partial charge in [-0.15, -0.1) is 0 Å². The Kier molecular flexibility index (Phi) is 10.7. The summed E-state index contributed by atoms with van der Waals surface area (Å²) in [6.45, 7) is 11.4. The zero-order valence-electron chi connectivity index (χ0n) is 18.1. The number of aliphatic hydroxyl groups excluding tert-OH is 1. The highest BCUT2D eigenvalue weighted by atomic mass is 16.7. The standard InChI is InChI=1S/C19H32O10/c1-8-9-10-25-14(21)12(26-17(24)29-19(5,6)7)11-13(20)27-15(22)16(23)28-18(2,3)4/h12,15,22H,8-11H2,1-7H3/t12-,15+/m0/s1. The molecule has 0 heterocycles. The molecule has 168 valence electrons. The van der Waals surface area contributed by atoms with Crippen molar-refractivity contribution >= 4 is 24.1 Å². The molecule has 0 aromatic heterocycles. The van der Waals surface area contributed by atoms with Gasteiger partial charge in [-0.1, -0.05) is 13.3 Å². The Labute approximate surface area is 170 Å². The minimum atomic E-state index is -2.19. The highest BCUT2D eigenvalue weighted by Crippen LogP contribution is 2.13. The van der Waals surface area contributed by atoms with Crippen molar-refractivity contribution in [3.8, 4) is 0 Å². The molecule has 2 atom stereocenters. The fourth-order valence-electron chi connectivity index (χ4n) is 1.70. The van der Waals surface area contributed by atoms with Gasteiger partial charge in [-0.25, -0.2) is 14.4 Å². The molecule has 0 unspecified atom stereocenters. The molecule has 0 fully saturated rings. The molecular weight excluding hydrogens is 388 g/mol. The van der Waals surface area contributed by atoms with Crippen LogP contribution in [0.5, 0.6) is 0 Å². The highest BCUT2D eigenvalue weighted by molar-refractivity contribution is 5.85. The van der Waals surface area contributed by atoms with Crippen molar-refractivity contribution in [2.24, 2.45) is 0 Å². The van der Waals surface area contributed by atoms with Gasteiger partial charge < -0.3 is 28.8 Å². The van der Waals surface area contributed by atoms with Gasteiger partial charge in [0.2, 0.25) is 6.10 Å². The number of hydrogen-bond donors (Lipinski definition) is 1. The van der Waals surface area contributed by atoms with Crippen molar-refractivity contribution in [2.45, 2.75) is 91.3 Å². The minimum Gasteiger partial charge on any atom is -0.463 e. The predicted octanol–water partition coefficient (Wildman–Crippen LogP) is 2.24. The molecular formula is C19H32O10. The molecule has 10 nitrogen and oxygen atoms in total. The van der Waals surface area contributed by atoms with E-state index in [1.165, 1.54) is 0 Å². The van der Waals surface area contributed by atoms with Gasteiger partial charge in [-0.3, -0.25) is 4.79 Å². The maximum atomic E-state index is 12.1. The number of rotatable bonds is 9. The fraction of sp³-hybridized carbons (Fsp3) is 0.789. The van der Waals surface area contributed by atoms with E-state index in [4.69, 9.17) is 18.9 Å². The van der Waals surface area contributed by atoms with Crippen molar-refractivity contribution in [1.29, 1.82) is 0 Å². The molecule has 0 amide bonds. The molecule has 0 aromatic rings. The van der Waals surface area contributed by atoms with Gasteiger partial charge in [0, 0.05) is 0 Å². The summed E-state index contributed by atoms with van der Waals surface area (Å²) in [4.78, 5) is 47.7. The van der Waals surface area contributed by atoms with E-state index in [0.717, 1.165) is 6.42 Å². The molecule has 0 aliphatic rings. The van der Waals surface area contributed by atoms with Gasteiger partial charge in [0.15, 0.2) is 0 Å². The van der Waals surface area contributed by atoms with Gasteiger partial charge in [-0.05, 0) is 48.0 Å². The molecule has 10 heteroatoms. The van der Waals surface area contributed by atoms with E-state index in [2.05, 4.69) is 4.74 Å². The second kappa shape index (κ2) is 11.6. The van der Waals surface area contributed by atoms with Crippen LogP contribution in [0.3, 0.4) is 0 Å². The first-order valence-electron chi connectivity index (χ1n) is 9.31. The Bertz CT molecular complexity index is 571. The molecule has 1 N–H and O–H groups in total. The van der Waals surface area contributed by atoms with E-state index in [1.54, 1.807) is 41.5 Å². The average molecular weight is 420 g/mol. The van der Waals surface area contributed by atoms with Crippen LogP contribution < -0.4 is 0 Å². The van der Waals surface area contributed by atoms with Crippen LogP contribution >= 0.6 is 0 Å². The van der Waals surface area contributed by atoms with Gasteiger partial charge in [0.1, 0.15) is 11.2 Å². The van der Waals surface area contributed by atoms with Crippen LogP contribution in [0.1, 0.15) is 67.7 Å². The Balaban J connectivity index is 4.99. The molecule has 29 heavy (non-hydrogen) atoms. The summed E-state index contributed by atoms with van der Waals surface area (Å²) in [5.74, 6) is -3.33. The highest BCUT2D eigenvalue weighted by Gasteiger charge is 2.33. The average Bonchev–Trinajstić information content (AvgIpc) is 2.50. The number of hydrogen-bond acceptors (Lipinski definition) is 10. The lowest BCUT2D eigenvalue weighted by molar-refractivity contribution is -0.200. The Morgan fingerprint density at radius 2 is 1.41 bits per heavy atom. The van der Waals surface area contributed by atoms with E-state index in [0.29, 0.717) is 6.42 Å². The predicted molar refractivity (Wildman–Crippen MR) is 99.5 cm³/mol. The second-order valence-electron chi connectivity index (χ2n) is 8.17. The third-order valence-electron chi connectivity index (χ3n) is 2.84. The summed E-state index contributed by atoms with van der Waals surface area (Å²) in [6.07, 6.45) is -4.50. The fourth-order valence-corrected chi connectivity index (χ4v) is 1.70. The van der Waals surface area contributed by atoms with Crippen LogP contribution in [-0.4, -0.2) is 59.4 Å². The Hall–Kier alpha value is -2.36. The monoisotopic (exact) mass is 420 g/mol. The lowest BCUT2D eigenvalue weighted by Crippen LogP contribution is -2.38. The molecule has 0 radical (unpaired) electrons. The molecule has 0 aliphatic heterocycles. The lowest BCUT2D eigenvalue weighted by Gasteiger charge is -2.23. The molecule has 0 aromatic carbocycles. The summed E-state index contributed by atoms with van der Waals surface area (Å²) < 4.78 is 24.2. The lowest BCUT2D eigenvalue weighted by atomic mass is 10.2.